The molecule has 0 saturated heterocycles. The molecule has 1 spiro atoms. The molecule has 2 aliphatic carbocycles. The Kier molecular flexibility index (Phi) is 5.90. The Labute approximate surface area is 202 Å². The number of fused-ring (bicyclic) bond motifs is 1. The molecule has 1 aliphatic heterocycles. The van der Waals surface area contributed by atoms with Crippen LogP contribution < -0.4 is 10.2 Å². The maximum atomic E-state index is 12.9. The fourth-order valence-corrected chi connectivity index (χ4v) is 5.89. The van der Waals surface area contributed by atoms with Gasteiger partial charge in [-0.3, -0.25) is 14.6 Å². The molecule has 2 N–H and O–H groups in total. The van der Waals surface area contributed by atoms with E-state index >= 15 is 0 Å². The Balaban J connectivity index is 1.33. The van der Waals surface area contributed by atoms with Gasteiger partial charge in [-0.25, -0.2) is 4.79 Å². The summed E-state index contributed by atoms with van der Waals surface area (Å²) >= 11 is 6.25. The van der Waals surface area contributed by atoms with Crippen LogP contribution in [0.25, 0.3) is 0 Å². The van der Waals surface area contributed by atoms with E-state index in [-0.39, 0.29) is 23.1 Å². The lowest BCUT2D eigenvalue weighted by Gasteiger charge is -2.45. The highest BCUT2D eigenvalue weighted by atomic mass is 35.5. The number of hydrogen-bond acceptors (Lipinski definition) is 5. The quantitative estimate of drug-likeness (QED) is 0.652. The van der Waals surface area contributed by atoms with Gasteiger partial charge in [0.2, 0.25) is 0 Å². The van der Waals surface area contributed by atoms with Crippen LogP contribution in [0, 0.1) is 5.41 Å². The summed E-state index contributed by atoms with van der Waals surface area (Å²) in [7, 11) is 0. The molecule has 1 aromatic carbocycles. The van der Waals surface area contributed by atoms with Gasteiger partial charge in [0.25, 0.3) is 5.91 Å². The Hall–Kier alpha value is -3.19. The van der Waals surface area contributed by atoms with E-state index in [1.165, 1.54) is 0 Å². The van der Waals surface area contributed by atoms with Gasteiger partial charge in [0, 0.05) is 42.3 Å². The van der Waals surface area contributed by atoms with E-state index in [4.69, 9.17) is 11.6 Å². The first kappa shape index (κ1) is 22.6. The fraction of sp³-hybridized carbons (Fsp3) is 0.385. The second-order valence-electron chi connectivity index (χ2n) is 9.31. The molecular formula is C26H26ClN3O4. The number of carboxylic acids is 1. The van der Waals surface area contributed by atoms with E-state index in [1.807, 2.05) is 18.2 Å². The molecule has 1 saturated carbocycles. The Morgan fingerprint density at radius 1 is 1.15 bits per heavy atom. The zero-order valence-electron chi connectivity index (χ0n) is 18.7. The first-order valence-corrected chi connectivity index (χ1v) is 12.1. The zero-order valence-corrected chi connectivity index (χ0v) is 19.5. The van der Waals surface area contributed by atoms with E-state index in [0.29, 0.717) is 24.2 Å². The number of carboxylic acid groups (broad SMARTS) is 1. The van der Waals surface area contributed by atoms with Gasteiger partial charge >= 0.3 is 5.97 Å². The molecule has 34 heavy (non-hydrogen) atoms. The molecule has 0 radical (unpaired) electrons. The highest BCUT2D eigenvalue weighted by molar-refractivity contribution is 6.47. The van der Waals surface area contributed by atoms with Gasteiger partial charge in [0.1, 0.15) is 11.1 Å². The molecule has 176 valence electrons. The van der Waals surface area contributed by atoms with E-state index in [2.05, 4.69) is 10.3 Å². The van der Waals surface area contributed by atoms with Gasteiger partial charge in [0.05, 0.1) is 5.41 Å². The standard InChI is InChI=1S/C26H26ClN3O4/c27-21-22(26(23(21)31)9-2-1-3-10-26)29-19(25(33)34)15-16-4-5-20-18(14-16)8-13-30(20)24(32)17-6-11-28-12-7-17/h4-7,11-12,14,19,29H,1-3,8-10,13,15H2,(H,33,34). The van der Waals surface area contributed by atoms with Crippen molar-refractivity contribution in [3.63, 3.8) is 0 Å². The lowest BCUT2D eigenvalue weighted by atomic mass is 9.62. The number of anilines is 1. The number of allylic oxidation sites excluding steroid dienone is 2. The van der Waals surface area contributed by atoms with Crippen LogP contribution in [0.2, 0.25) is 0 Å². The van der Waals surface area contributed by atoms with Crippen molar-refractivity contribution >= 4 is 34.9 Å². The SMILES string of the molecule is O=C(O)C(Cc1ccc2c(c1)CCN2C(=O)c1ccncc1)NC1=C(Cl)C(=O)C12CCCCC2. The van der Waals surface area contributed by atoms with Crippen molar-refractivity contribution in [3.8, 4) is 0 Å². The molecule has 2 heterocycles. The third kappa shape index (κ3) is 3.78. The number of aromatic nitrogens is 1. The molecule has 8 heteroatoms. The lowest BCUT2D eigenvalue weighted by molar-refractivity contribution is -0.140. The summed E-state index contributed by atoms with van der Waals surface area (Å²) < 4.78 is 0. The van der Waals surface area contributed by atoms with Gasteiger partial charge in [0.15, 0.2) is 5.78 Å². The van der Waals surface area contributed by atoms with Gasteiger partial charge in [-0.1, -0.05) is 43.0 Å². The number of hydrogen-bond donors (Lipinski definition) is 2. The van der Waals surface area contributed by atoms with Crippen LogP contribution in [-0.4, -0.2) is 40.3 Å². The first-order valence-electron chi connectivity index (χ1n) is 11.7. The minimum atomic E-state index is -0.989. The molecule has 2 aromatic rings. The number of Topliss-reactive ketones (excluding diaryl/α,β-unsaturated/α-hetero) is 1. The molecule has 1 unspecified atom stereocenters. The van der Waals surface area contributed by atoms with E-state index in [9.17, 15) is 19.5 Å². The lowest BCUT2D eigenvalue weighted by Crippen LogP contribution is -2.53. The summed E-state index contributed by atoms with van der Waals surface area (Å²) in [6, 6.07) is 8.23. The topological polar surface area (TPSA) is 99.6 Å². The molecule has 3 aliphatic rings. The number of pyridine rings is 1. The molecule has 5 rings (SSSR count). The number of ketones is 1. The van der Waals surface area contributed by atoms with Gasteiger partial charge in [-0.05, 0) is 48.6 Å². The van der Waals surface area contributed by atoms with E-state index in [0.717, 1.165) is 48.9 Å². The number of amides is 1. The average molecular weight is 480 g/mol. The van der Waals surface area contributed by atoms with E-state index in [1.54, 1.807) is 29.4 Å². The highest BCUT2D eigenvalue weighted by Crippen LogP contribution is 2.53. The third-order valence-electron chi connectivity index (χ3n) is 7.31. The molecule has 1 amide bonds. The normalized spacial score (nSPS) is 19.6. The van der Waals surface area contributed by atoms with Crippen molar-refractivity contribution < 1.29 is 19.5 Å². The van der Waals surface area contributed by atoms with Crippen molar-refractivity contribution in [2.24, 2.45) is 5.41 Å². The summed E-state index contributed by atoms with van der Waals surface area (Å²) in [5.74, 6) is -1.12. The molecule has 0 bridgehead atoms. The highest BCUT2D eigenvalue weighted by Gasteiger charge is 2.54. The number of benzene rings is 1. The maximum Gasteiger partial charge on any atom is 0.326 e. The summed E-state index contributed by atoms with van der Waals surface area (Å²) in [6.07, 6.45) is 8.56. The predicted octanol–water partition coefficient (Wildman–Crippen LogP) is 3.85. The van der Waals surface area contributed by atoms with Crippen molar-refractivity contribution in [1.29, 1.82) is 0 Å². The largest absolute Gasteiger partial charge is 0.480 e. The Morgan fingerprint density at radius 2 is 1.88 bits per heavy atom. The number of halogens is 1. The van der Waals surface area contributed by atoms with Gasteiger partial charge in [-0.2, -0.15) is 0 Å². The van der Waals surface area contributed by atoms with Crippen LogP contribution in [0.15, 0.2) is 53.5 Å². The molecule has 1 aromatic heterocycles. The van der Waals surface area contributed by atoms with Crippen LogP contribution in [0.4, 0.5) is 5.69 Å². The van der Waals surface area contributed by atoms with Crippen LogP contribution in [0.1, 0.15) is 53.6 Å². The average Bonchev–Trinajstić information content (AvgIpc) is 3.29. The Morgan fingerprint density at radius 3 is 2.59 bits per heavy atom. The van der Waals surface area contributed by atoms with Crippen molar-refractivity contribution in [3.05, 3.63) is 70.1 Å². The van der Waals surface area contributed by atoms with E-state index < -0.39 is 17.4 Å². The van der Waals surface area contributed by atoms with Crippen LogP contribution >= 0.6 is 11.6 Å². The number of carbonyl (C=O) groups is 3. The van der Waals surface area contributed by atoms with Crippen molar-refractivity contribution in [1.82, 2.24) is 10.3 Å². The third-order valence-corrected chi connectivity index (χ3v) is 7.67. The van der Waals surface area contributed by atoms with Gasteiger partial charge < -0.3 is 15.3 Å². The van der Waals surface area contributed by atoms with Crippen LogP contribution in [0.5, 0.6) is 0 Å². The van der Waals surface area contributed by atoms with Crippen molar-refractivity contribution in [2.75, 3.05) is 11.4 Å². The van der Waals surface area contributed by atoms with Gasteiger partial charge in [-0.15, -0.1) is 0 Å². The summed E-state index contributed by atoms with van der Waals surface area (Å²) in [6.45, 7) is 0.577. The predicted molar refractivity (Wildman–Crippen MR) is 128 cm³/mol. The second kappa shape index (κ2) is 8.87. The van der Waals surface area contributed by atoms with Crippen LogP contribution in [-0.2, 0) is 22.4 Å². The molecular weight excluding hydrogens is 454 g/mol. The number of aliphatic carboxylic acids is 1. The number of nitrogens with zero attached hydrogens (tertiary/aromatic N) is 2. The summed E-state index contributed by atoms with van der Waals surface area (Å²) in [5, 5.41) is 13.2. The first-order chi connectivity index (χ1) is 16.4. The molecule has 1 fully saturated rings. The molecule has 7 nitrogen and oxygen atoms in total. The molecule has 1 atom stereocenters. The smallest absolute Gasteiger partial charge is 0.326 e. The van der Waals surface area contributed by atoms with Crippen LogP contribution in [0.3, 0.4) is 0 Å². The summed E-state index contributed by atoms with van der Waals surface area (Å²) in [5.41, 5.74) is 3.28. The van der Waals surface area contributed by atoms with Crippen molar-refractivity contribution in [2.45, 2.75) is 51.0 Å². The minimum absolute atomic E-state index is 0.0583. The number of nitrogens with one attached hydrogen (secondary N) is 1. The Bertz CT molecular complexity index is 1190. The number of carbonyl (C=O) groups excluding carboxylic acids is 2. The minimum Gasteiger partial charge on any atom is -0.480 e. The summed E-state index contributed by atoms with van der Waals surface area (Å²) in [4.78, 5) is 43.3. The second-order valence-corrected chi connectivity index (χ2v) is 9.68. The zero-order chi connectivity index (χ0) is 23.9. The maximum absolute atomic E-state index is 12.9. The monoisotopic (exact) mass is 479 g/mol. The fourth-order valence-electron chi connectivity index (χ4n) is 5.47. The number of rotatable bonds is 6.